The number of nitrogens with zero attached hydrogens (tertiary/aromatic N) is 3. The number of hydrogen-bond acceptors (Lipinski definition) is 3. The van der Waals surface area contributed by atoms with Gasteiger partial charge in [0.1, 0.15) is 11.6 Å². The zero-order valence-electron chi connectivity index (χ0n) is 10.6. The summed E-state index contributed by atoms with van der Waals surface area (Å²) in [7, 11) is 0. The highest BCUT2D eigenvalue weighted by molar-refractivity contribution is 5.85. The maximum absolute atomic E-state index is 4.44. The van der Waals surface area contributed by atoms with Crippen LogP contribution >= 0.6 is 24.8 Å². The lowest BCUT2D eigenvalue weighted by atomic mass is 9.99. The van der Waals surface area contributed by atoms with Crippen molar-refractivity contribution in [1.82, 2.24) is 20.1 Å². The molecule has 104 valence electrons. The Morgan fingerprint density at radius 3 is 2.72 bits per heavy atom. The molecule has 0 aliphatic carbocycles. The number of aryl methyl sites for hydroxylation is 1. The molecule has 18 heavy (non-hydrogen) atoms. The lowest BCUT2D eigenvalue weighted by molar-refractivity contribution is 0.429. The lowest BCUT2D eigenvalue weighted by Gasteiger charge is -2.22. The van der Waals surface area contributed by atoms with Crippen LogP contribution in [0.5, 0.6) is 0 Å². The van der Waals surface area contributed by atoms with Crippen molar-refractivity contribution in [3.63, 3.8) is 0 Å². The summed E-state index contributed by atoms with van der Waals surface area (Å²) < 4.78 is 2.39. The van der Waals surface area contributed by atoms with Crippen molar-refractivity contribution in [2.24, 2.45) is 0 Å². The quantitative estimate of drug-likeness (QED) is 0.864. The molecule has 1 saturated heterocycles. The van der Waals surface area contributed by atoms with Crippen molar-refractivity contribution in [2.45, 2.75) is 51.0 Å². The van der Waals surface area contributed by atoms with E-state index in [1.54, 1.807) is 0 Å². The van der Waals surface area contributed by atoms with Crippen LogP contribution < -0.4 is 5.32 Å². The Bertz CT molecular complexity index is 361. The number of hydrogen-bond donors (Lipinski definition) is 1. The van der Waals surface area contributed by atoms with Crippen molar-refractivity contribution in [2.75, 3.05) is 13.1 Å². The lowest BCUT2D eigenvalue weighted by Crippen LogP contribution is -2.30. The Hall–Kier alpha value is -0.320. The van der Waals surface area contributed by atoms with E-state index in [2.05, 4.69) is 20.1 Å². The number of fused-ring (bicyclic) bond motifs is 1. The smallest absolute Gasteiger partial charge is 0.137 e. The molecular weight excluding hydrogens is 271 g/mol. The van der Waals surface area contributed by atoms with Crippen molar-refractivity contribution in [3.8, 4) is 0 Å². The van der Waals surface area contributed by atoms with Gasteiger partial charge in [0.25, 0.3) is 0 Å². The standard InChI is InChI=1S/C12H20N4.2ClH/c1-2-6-11-14-15-12(16(11)8-3-1)10-5-4-7-13-9-10;;/h10,13H,1-9H2;2*1H. The molecule has 0 bridgehead atoms. The van der Waals surface area contributed by atoms with Crippen molar-refractivity contribution in [3.05, 3.63) is 11.6 Å². The zero-order valence-corrected chi connectivity index (χ0v) is 12.2. The van der Waals surface area contributed by atoms with E-state index in [-0.39, 0.29) is 24.8 Å². The van der Waals surface area contributed by atoms with Crippen molar-refractivity contribution < 1.29 is 0 Å². The predicted octanol–water partition coefficient (Wildman–Crippen LogP) is 2.32. The minimum Gasteiger partial charge on any atom is -0.316 e. The van der Waals surface area contributed by atoms with Crippen LogP contribution in [0.3, 0.4) is 0 Å². The minimum atomic E-state index is 0. The zero-order chi connectivity index (χ0) is 10.8. The molecule has 3 heterocycles. The topological polar surface area (TPSA) is 42.7 Å². The van der Waals surface area contributed by atoms with E-state index in [0.717, 1.165) is 26.1 Å². The van der Waals surface area contributed by atoms with Gasteiger partial charge in [0.15, 0.2) is 0 Å². The fourth-order valence-corrected chi connectivity index (χ4v) is 2.88. The molecule has 1 fully saturated rings. The molecule has 2 aliphatic heterocycles. The van der Waals surface area contributed by atoms with Crippen LogP contribution in [0.4, 0.5) is 0 Å². The summed E-state index contributed by atoms with van der Waals surface area (Å²) in [5, 5.41) is 12.3. The average Bonchev–Trinajstić information content (AvgIpc) is 2.60. The van der Waals surface area contributed by atoms with Crippen LogP contribution in [0.2, 0.25) is 0 Å². The fourth-order valence-electron chi connectivity index (χ4n) is 2.88. The van der Waals surface area contributed by atoms with Crippen LogP contribution in [0.1, 0.15) is 49.7 Å². The van der Waals surface area contributed by atoms with Crippen LogP contribution in [0, 0.1) is 0 Å². The Morgan fingerprint density at radius 1 is 1.06 bits per heavy atom. The molecule has 0 aromatic carbocycles. The monoisotopic (exact) mass is 292 g/mol. The van der Waals surface area contributed by atoms with E-state index < -0.39 is 0 Å². The number of nitrogens with one attached hydrogen (secondary N) is 1. The molecule has 0 saturated carbocycles. The molecule has 1 aromatic rings. The van der Waals surface area contributed by atoms with E-state index >= 15 is 0 Å². The van der Waals surface area contributed by atoms with Gasteiger partial charge in [-0.05, 0) is 32.2 Å². The summed E-state index contributed by atoms with van der Waals surface area (Å²) >= 11 is 0. The SMILES string of the molecule is C1CCc2nnc(C3CCCNC3)n2CC1.Cl.Cl. The highest BCUT2D eigenvalue weighted by atomic mass is 35.5. The maximum Gasteiger partial charge on any atom is 0.137 e. The first-order valence-corrected chi connectivity index (χ1v) is 6.58. The molecule has 0 amide bonds. The molecular formula is C12H22Cl2N4. The van der Waals surface area contributed by atoms with Gasteiger partial charge in [0, 0.05) is 25.4 Å². The van der Waals surface area contributed by atoms with Gasteiger partial charge in [-0.3, -0.25) is 0 Å². The number of aromatic nitrogens is 3. The van der Waals surface area contributed by atoms with Gasteiger partial charge in [-0.15, -0.1) is 35.0 Å². The molecule has 1 aromatic heterocycles. The average molecular weight is 293 g/mol. The van der Waals surface area contributed by atoms with Crippen molar-refractivity contribution in [1.29, 1.82) is 0 Å². The van der Waals surface area contributed by atoms with E-state index in [4.69, 9.17) is 0 Å². The van der Waals surface area contributed by atoms with E-state index in [0.29, 0.717) is 5.92 Å². The first-order valence-electron chi connectivity index (χ1n) is 6.58. The third kappa shape index (κ3) is 3.16. The van der Waals surface area contributed by atoms with Gasteiger partial charge in [0.05, 0.1) is 0 Å². The Morgan fingerprint density at radius 2 is 1.94 bits per heavy atom. The molecule has 3 rings (SSSR count). The number of rotatable bonds is 1. The molecule has 0 spiro atoms. The van der Waals surface area contributed by atoms with E-state index in [9.17, 15) is 0 Å². The summed E-state index contributed by atoms with van der Waals surface area (Å²) in [5.74, 6) is 3.05. The Labute approximate surface area is 121 Å². The first-order chi connectivity index (χ1) is 7.95. The van der Waals surface area contributed by atoms with E-state index in [1.807, 2.05) is 0 Å². The molecule has 1 atom stereocenters. The van der Waals surface area contributed by atoms with Crippen LogP contribution in [-0.4, -0.2) is 27.9 Å². The number of halogens is 2. The predicted molar refractivity (Wildman–Crippen MR) is 76.9 cm³/mol. The Kier molecular flexibility index (Phi) is 6.39. The summed E-state index contributed by atoms with van der Waals surface area (Å²) in [6.07, 6.45) is 7.57. The van der Waals surface area contributed by atoms with Gasteiger partial charge in [0.2, 0.25) is 0 Å². The molecule has 2 aliphatic rings. The second-order valence-corrected chi connectivity index (χ2v) is 4.98. The van der Waals surface area contributed by atoms with Crippen LogP contribution in [0.15, 0.2) is 0 Å². The maximum atomic E-state index is 4.44. The number of piperidine rings is 1. The molecule has 6 heteroatoms. The summed E-state index contributed by atoms with van der Waals surface area (Å²) in [5.41, 5.74) is 0. The van der Waals surface area contributed by atoms with Crippen LogP contribution in [-0.2, 0) is 13.0 Å². The highest BCUT2D eigenvalue weighted by Gasteiger charge is 2.23. The summed E-state index contributed by atoms with van der Waals surface area (Å²) in [6.45, 7) is 3.38. The molecule has 1 N–H and O–H groups in total. The summed E-state index contributed by atoms with van der Waals surface area (Å²) in [6, 6.07) is 0. The third-order valence-electron chi connectivity index (χ3n) is 3.80. The second kappa shape index (κ2) is 7.31. The minimum absolute atomic E-state index is 0. The summed E-state index contributed by atoms with van der Waals surface area (Å²) in [4.78, 5) is 0. The van der Waals surface area contributed by atoms with Gasteiger partial charge in [-0.25, -0.2) is 0 Å². The largest absolute Gasteiger partial charge is 0.316 e. The van der Waals surface area contributed by atoms with Gasteiger partial charge < -0.3 is 9.88 Å². The third-order valence-corrected chi connectivity index (χ3v) is 3.80. The molecule has 4 nitrogen and oxygen atoms in total. The van der Waals surface area contributed by atoms with Gasteiger partial charge >= 0.3 is 0 Å². The van der Waals surface area contributed by atoms with Crippen molar-refractivity contribution >= 4 is 24.8 Å². The molecule has 0 radical (unpaired) electrons. The fraction of sp³-hybridized carbons (Fsp3) is 0.833. The van der Waals surface area contributed by atoms with Crippen LogP contribution in [0.25, 0.3) is 0 Å². The normalized spacial score (nSPS) is 23.2. The second-order valence-electron chi connectivity index (χ2n) is 4.98. The van der Waals surface area contributed by atoms with E-state index in [1.165, 1.54) is 43.8 Å². The Balaban J connectivity index is 0.000000810. The van der Waals surface area contributed by atoms with Gasteiger partial charge in [-0.1, -0.05) is 6.42 Å². The highest BCUT2D eigenvalue weighted by Crippen LogP contribution is 2.24. The first kappa shape index (κ1) is 15.7. The van der Waals surface area contributed by atoms with Gasteiger partial charge in [-0.2, -0.15) is 0 Å². The molecule has 1 unspecified atom stereocenters.